The molecule has 6 heteroatoms. The lowest BCUT2D eigenvalue weighted by atomic mass is 10.1. The Labute approximate surface area is 142 Å². The summed E-state index contributed by atoms with van der Waals surface area (Å²) >= 11 is 0. The van der Waals surface area contributed by atoms with Crippen LogP contribution in [-0.4, -0.2) is 38.9 Å². The molecule has 0 radical (unpaired) electrons. The summed E-state index contributed by atoms with van der Waals surface area (Å²) in [5.74, 6) is 0.780. The molecule has 128 valence electrons. The number of carbonyl (C=O) groups is 1. The summed E-state index contributed by atoms with van der Waals surface area (Å²) in [4.78, 5) is 12.2. The van der Waals surface area contributed by atoms with Crippen molar-refractivity contribution in [1.82, 2.24) is 5.32 Å². The van der Waals surface area contributed by atoms with Crippen LogP contribution < -0.4 is 14.8 Å². The first kappa shape index (κ1) is 17.8. The van der Waals surface area contributed by atoms with Crippen LogP contribution in [0.5, 0.6) is 11.5 Å². The normalized spacial score (nSPS) is 17.2. The van der Waals surface area contributed by atoms with E-state index in [-0.39, 0.29) is 11.7 Å². The van der Waals surface area contributed by atoms with Gasteiger partial charge < -0.3 is 19.5 Å². The van der Waals surface area contributed by atoms with Gasteiger partial charge in [-0.2, -0.15) is 5.26 Å². The Kier molecular flexibility index (Phi) is 6.64. The van der Waals surface area contributed by atoms with Gasteiger partial charge in [-0.05, 0) is 43.5 Å². The van der Waals surface area contributed by atoms with E-state index < -0.39 is 5.91 Å². The highest BCUT2D eigenvalue weighted by Gasteiger charge is 2.17. The van der Waals surface area contributed by atoms with Crippen LogP contribution in [0, 0.1) is 11.3 Å². The van der Waals surface area contributed by atoms with E-state index >= 15 is 0 Å². The zero-order valence-corrected chi connectivity index (χ0v) is 14.0. The lowest BCUT2D eigenvalue weighted by Crippen LogP contribution is -2.32. The first-order valence-electron chi connectivity index (χ1n) is 8.00. The summed E-state index contributed by atoms with van der Waals surface area (Å²) in [5.41, 5.74) is 0.740. The Morgan fingerprint density at radius 1 is 1.50 bits per heavy atom. The minimum absolute atomic E-state index is 0.0411. The van der Waals surface area contributed by atoms with E-state index in [1.807, 2.05) is 13.0 Å². The van der Waals surface area contributed by atoms with Crippen LogP contribution in [0.15, 0.2) is 23.8 Å². The summed E-state index contributed by atoms with van der Waals surface area (Å²) < 4.78 is 16.2. The molecular formula is C18H22N2O4. The molecule has 2 rings (SSSR count). The van der Waals surface area contributed by atoms with E-state index in [1.165, 1.54) is 6.08 Å². The molecule has 0 unspecified atom stereocenters. The second-order valence-electron chi connectivity index (χ2n) is 5.36. The van der Waals surface area contributed by atoms with Gasteiger partial charge in [-0.1, -0.05) is 6.07 Å². The smallest absolute Gasteiger partial charge is 0.262 e. The number of nitrogens with zero attached hydrogens (tertiary/aromatic N) is 1. The van der Waals surface area contributed by atoms with Crippen molar-refractivity contribution >= 4 is 12.0 Å². The van der Waals surface area contributed by atoms with Crippen molar-refractivity contribution in [1.29, 1.82) is 5.26 Å². The second-order valence-corrected chi connectivity index (χ2v) is 5.36. The Morgan fingerprint density at radius 2 is 2.33 bits per heavy atom. The van der Waals surface area contributed by atoms with Gasteiger partial charge in [0.2, 0.25) is 0 Å². The highest BCUT2D eigenvalue weighted by molar-refractivity contribution is 6.01. The minimum atomic E-state index is -0.401. The molecule has 0 bridgehead atoms. The average Bonchev–Trinajstić information content (AvgIpc) is 3.11. The number of ether oxygens (including phenoxy) is 3. The molecule has 1 saturated heterocycles. The molecule has 1 aromatic rings. The fraction of sp³-hybridized carbons (Fsp3) is 0.444. The van der Waals surface area contributed by atoms with Crippen molar-refractivity contribution < 1.29 is 19.0 Å². The molecule has 1 aromatic carbocycles. The summed E-state index contributed by atoms with van der Waals surface area (Å²) in [7, 11) is 1.56. The molecule has 1 fully saturated rings. The van der Waals surface area contributed by atoms with Crippen LogP contribution in [0.3, 0.4) is 0 Å². The van der Waals surface area contributed by atoms with Crippen LogP contribution in [0.4, 0.5) is 0 Å². The Bertz CT molecular complexity index is 643. The third-order valence-corrected chi connectivity index (χ3v) is 3.68. The Balaban J connectivity index is 2.09. The summed E-state index contributed by atoms with van der Waals surface area (Å²) in [6, 6.07) is 7.20. The third-order valence-electron chi connectivity index (χ3n) is 3.68. The zero-order valence-electron chi connectivity index (χ0n) is 14.0. The van der Waals surface area contributed by atoms with E-state index in [4.69, 9.17) is 14.2 Å². The number of methoxy groups -OCH3 is 1. The molecule has 0 aliphatic carbocycles. The van der Waals surface area contributed by atoms with E-state index in [1.54, 1.807) is 25.3 Å². The van der Waals surface area contributed by atoms with Gasteiger partial charge in [-0.3, -0.25) is 4.79 Å². The van der Waals surface area contributed by atoms with Crippen LogP contribution in [0.25, 0.3) is 6.08 Å². The van der Waals surface area contributed by atoms with Crippen LogP contribution in [-0.2, 0) is 9.53 Å². The number of hydrogen-bond acceptors (Lipinski definition) is 5. The predicted molar refractivity (Wildman–Crippen MR) is 89.7 cm³/mol. The molecule has 1 N–H and O–H groups in total. The maximum absolute atomic E-state index is 12.2. The summed E-state index contributed by atoms with van der Waals surface area (Å²) in [6.45, 7) is 3.52. The zero-order chi connectivity index (χ0) is 17.4. The lowest BCUT2D eigenvalue weighted by molar-refractivity contribution is -0.117. The molecule has 6 nitrogen and oxygen atoms in total. The summed E-state index contributed by atoms with van der Waals surface area (Å²) in [5, 5.41) is 12.0. The molecule has 24 heavy (non-hydrogen) atoms. The second kappa shape index (κ2) is 8.94. The van der Waals surface area contributed by atoms with Crippen molar-refractivity contribution in [3.8, 4) is 17.6 Å². The predicted octanol–water partition coefficient (Wildman–Crippen LogP) is 2.30. The number of nitriles is 1. The van der Waals surface area contributed by atoms with Gasteiger partial charge in [-0.15, -0.1) is 0 Å². The Morgan fingerprint density at radius 3 is 2.96 bits per heavy atom. The van der Waals surface area contributed by atoms with Crippen LogP contribution in [0.1, 0.15) is 25.3 Å². The number of amides is 1. The number of rotatable bonds is 7. The highest BCUT2D eigenvalue weighted by Crippen LogP contribution is 2.28. The number of nitrogens with one attached hydrogen (secondary N) is 1. The van der Waals surface area contributed by atoms with Gasteiger partial charge in [0, 0.05) is 13.2 Å². The van der Waals surface area contributed by atoms with Gasteiger partial charge in [-0.25, -0.2) is 0 Å². The average molecular weight is 330 g/mol. The molecule has 1 aliphatic heterocycles. The SMILES string of the molecule is CCOc1cc(/C=C(/C#N)C(=O)NC[C@H]2CCCO2)ccc1OC. The molecule has 1 heterocycles. The van der Waals surface area contributed by atoms with Crippen molar-refractivity contribution in [2.45, 2.75) is 25.9 Å². The molecule has 0 spiro atoms. The standard InChI is InChI=1S/C18H22N2O4/c1-3-23-17-10-13(6-7-16(17)22-2)9-14(11-19)18(21)20-12-15-5-4-8-24-15/h6-7,9-10,15H,3-5,8,12H2,1-2H3,(H,20,21)/b14-9-/t15-/m1/s1. The number of benzene rings is 1. The van der Waals surface area contributed by atoms with Gasteiger partial charge in [0.25, 0.3) is 5.91 Å². The van der Waals surface area contributed by atoms with Crippen LogP contribution >= 0.6 is 0 Å². The molecule has 1 amide bonds. The topological polar surface area (TPSA) is 80.6 Å². The van der Waals surface area contributed by atoms with Crippen molar-refractivity contribution in [3.05, 3.63) is 29.3 Å². The largest absolute Gasteiger partial charge is 0.493 e. The monoisotopic (exact) mass is 330 g/mol. The van der Waals surface area contributed by atoms with E-state index in [0.717, 1.165) is 19.4 Å². The van der Waals surface area contributed by atoms with Gasteiger partial charge in [0.1, 0.15) is 11.6 Å². The van der Waals surface area contributed by atoms with E-state index in [0.29, 0.717) is 30.2 Å². The number of carbonyl (C=O) groups excluding carboxylic acids is 1. The fourth-order valence-electron chi connectivity index (χ4n) is 2.47. The van der Waals surface area contributed by atoms with E-state index in [9.17, 15) is 10.1 Å². The van der Waals surface area contributed by atoms with Crippen molar-refractivity contribution in [2.75, 3.05) is 26.9 Å². The molecular weight excluding hydrogens is 308 g/mol. The van der Waals surface area contributed by atoms with Gasteiger partial charge >= 0.3 is 0 Å². The van der Waals surface area contributed by atoms with E-state index in [2.05, 4.69) is 5.32 Å². The van der Waals surface area contributed by atoms with Crippen molar-refractivity contribution in [3.63, 3.8) is 0 Å². The maximum Gasteiger partial charge on any atom is 0.262 e. The van der Waals surface area contributed by atoms with Crippen LogP contribution in [0.2, 0.25) is 0 Å². The first-order valence-corrected chi connectivity index (χ1v) is 8.00. The number of hydrogen-bond donors (Lipinski definition) is 1. The van der Waals surface area contributed by atoms with Gasteiger partial charge in [0.15, 0.2) is 11.5 Å². The maximum atomic E-state index is 12.2. The minimum Gasteiger partial charge on any atom is -0.493 e. The highest BCUT2D eigenvalue weighted by atomic mass is 16.5. The Hall–Kier alpha value is -2.52. The van der Waals surface area contributed by atoms with Crippen molar-refractivity contribution in [2.24, 2.45) is 0 Å². The molecule has 0 saturated carbocycles. The molecule has 1 aliphatic rings. The quantitative estimate of drug-likeness (QED) is 0.613. The lowest BCUT2D eigenvalue weighted by Gasteiger charge is -2.11. The molecule has 1 atom stereocenters. The third kappa shape index (κ3) is 4.74. The fourth-order valence-corrected chi connectivity index (χ4v) is 2.47. The van der Waals surface area contributed by atoms with Gasteiger partial charge in [0.05, 0.1) is 19.8 Å². The molecule has 0 aromatic heterocycles. The first-order chi connectivity index (χ1) is 11.7. The summed E-state index contributed by atoms with van der Waals surface area (Å²) in [6.07, 6.45) is 3.52.